The first kappa shape index (κ1) is 16.8. The molecule has 3 rings (SSSR count). The van der Waals surface area contributed by atoms with Crippen LogP contribution in [0.1, 0.15) is 33.1 Å². The molecule has 1 aromatic rings. The molecule has 0 saturated carbocycles. The lowest BCUT2D eigenvalue weighted by Crippen LogP contribution is -2.52. The van der Waals surface area contributed by atoms with Crippen LogP contribution in [0.3, 0.4) is 0 Å². The number of hydrogen-bond donors (Lipinski definition) is 1. The van der Waals surface area contributed by atoms with Crippen molar-refractivity contribution in [3.8, 4) is 5.75 Å². The van der Waals surface area contributed by atoms with Gasteiger partial charge in [-0.1, -0.05) is 6.07 Å². The molecule has 1 spiro atoms. The van der Waals surface area contributed by atoms with Crippen LogP contribution < -0.4 is 10.1 Å². The number of carbonyl (C=O) groups is 2. The third-order valence-electron chi connectivity index (χ3n) is 4.72. The summed E-state index contributed by atoms with van der Waals surface area (Å²) in [5.41, 5.74) is -0.556. The quantitative estimate of drug-likeness (QED) is 0.861. The zero-order valence-corrected chi connectivity index (χ0v) is 14.3. The molecule has 1 amide bonds. The number of methoxy groups -OCH3 is 1. The van der Waals surface area contributed by atoms with Gasteiger partial charge in [0.2, 0.25) is 5.91 Å². The zero-order valence-electron chi connectivity index (χ0n) is 14.3. The van der Waals surface area contributed by atoms with Crippen molar-refractivity contribution < 1.29 is 23.8 Å². The van der Waals surface area contributed by atoms with Crippen LogP contribution >= 0.6 is 0 Å². The second kappa shape index (κ2) is 6.09. The van der Waals surface area contributed by atoms with Crippen molar-refractivity contribution in [1.29, 1.82) is 0 Å². The van der Waals surface area contributed by atoms with E-state index in [4.69, 9.17) is 14.2 Å². The van der Waals surface area contributed by atoms with Crippen LogP contribution in [0.2, 0.25) is 0 Å². The maximum absolute atomic E-state index is 12.8. The number of rotatable bonds is 3. The molecule has 1 aromatic carbocycles. The van der Waals surface area contributed by atoms with Crippen molar-refractivity contribution in [3.05, 3.63) is 24.3 Å². The number of carbonyl (C=O) groups excluding carboxylic acids is 2. The maximum atomic E-state index is 12.8. The zero-order chi connectivity index (χ0) is 17.4. The van der Waals surface area contributed by atoms with E-state index in [1.54, 1.807) is 31.4 Å². The molecule has 24 heavy (non-hydrogen) atoms. The number of esters is 1. The van der Waals surface area contributed by atoms with Gasteiger partial charge in [-0.2, -0.15) is 0 Å². The van der Waals surface area contributed by atoms with Gasteiger partial charge in [0, 0.05) is 24.6 Å². The van der Waals surface area contributed by atoms with Gasteiger partial charge < -0.3 is 19.5 Å². The molecule has 0 aliphatic carbocycles. The van der Waals surface area contributed by atoms with E-state index < -0.39 is 17.1 Å². The summed E-state index contributed by atoms with van der Waals surface area (Å²) in [4.78, 5) is 24.8. The van der Waals surface area contributed by atoms with Crippen LogP contribution in [-0.4, -0.2) is 36.8 Å². The van der Waals surface area contributed by atoms with Gasteiger partial charge >= 0.3 is 5.97 Å². The molecule has 2 fully saturated rings. The molecule has 2 saturated heterocycles. The normalized spacial score (nSPS) is 28.5. The molecule has 6 nitrogen and oxygen atoms in total. The minimum absolute atomic E-state index is 0.103. The Morgan fingerprint density at radius 3 is 2.88 bits per heavy atom. The summed E-state index contributed by atoms with van der Waals surface area (Å²) in [7, 11) is 1.57. The van der Waals surface area contributed by atoms with Gasteiger partial charge in [-0.3, -0.25) is 9.59 Å². The first-order valence-corrected chi connectivity index (χ1v) is 8.14. The van der Waals surface area contributed by atoms with Crippen molar-refractivity contribution in [3.63, 3.8) is 0 Å². The first-order chi connectivity index (χ1) is 11.3. The van der Waals surface area contributed by atoms with Gasteiger partial charge in [0.25, 0.3) is 0 Å². The highest BCUT2D eigenvalue weighted by atomic mass is 16.6. The molecule has 2 atom stereocenters. The fourth-order valence-electron chi connectivity index (χ4n) is 3.70. The van der Waals surface area contributed by atoms with Crippen LogP contribution in [0.4, 0.5) is 5.69 Å². The van der Waals surface area contributed by atoms with Crippen LogP contribution in [-0.2, 0) is 19.1 Å². The lowest BCUT2D eigenvalue weighted by Gasteiger charge is -2.43. The molecule has 2 aliphatic rings. The summed E-state index contributed by atoms with van der Waals surface area (Å²) in [6, 6.07) is 7.15. The van der Waals surface area contributed by atoms with E-state index in [1.807, 2.05) is 13.8 Å². The third kappa shape index (κ3) is 3.24. The number of hydrogen-bond acceptors (Lipinski definition) is 5. The highest BCUT2D eigenvalue weighted by Gasteiger charge is 2.56. The summed E-state index contributed by atoms with van der Waals surface area (Å²) in [5, 5.41) is 2.89. The average Bonchev–Trinajstić information content (AvgIpc) is 2.81. The van der Waals surface area contributed by atoms with Crippen LogP contribution in [0, 0.1) is 5.92 Å². The van der Waals surface area contributed by atoms with E-state index in [0.29, 0.717) is 30.9 Å². The summed E-state index contributed by atoms with van der Waals surface area (Å²) in [5.74, 6) is -0.377. The summed E-state index contributed by atoms with van der Waals surface area (Å²) >= 11 is 0. The van der Waals surface area contributed by atoms with E-state index in [0.717, 1.165) is 0 Å². The Morgan fingerprint density at radius 2 is 2.17 bits per heavy atom. The third-order valence-corrected chi connectivity index (χ3v) is 4.72. The Labute approximate surface area is 141 Å². The minimum atomic E-state index is -0.776. The standard InChI is InChI=1S/C18H23NO5/c1-17(2)11-18(7-8-23-17)14(10-15(20)24-18)16(21)19-12-5-4-6-13(9-12)22-3/h4-6,9,14H,7-8,10-11H2,1-3H3,(H,19,21)/t14-,18+/m1/s1. The largest absolute Gasteiger partial charge is 0.497 e. The molecule has 0 radical (unpaired) electrons. The summed E-state index contributed by atoms with van der Waals surface area (Å²) in [6.45, 7) is 4.39. The van der Waals surface area contributed by atoms with Gasteiger partial charge in [-0.15, -0.1) is 0 Å². The molecule has 2 aliphatic heterocycles. The van der Waals surface area contributed by atoms with Gasteiger partial charge in [0.1, 0.15) is 11.4 Å². The second-order valence-electron chi connectivity index (χ2n) is 7.05. The maximum Gasteiger partial charge on any atom is 0.307 e. The van der Waals surface area contributed by atoms with Crippen molar-refractivity contribution >= 4 is 17.6 Å². The van der Waals surface area contributed by atoms with E-state index >= 15 is 0 Å². The van der Waals surface area contributed by atoms with Crippen LogP contribution in [0.15, 0.2) is 24.3 Å². The SMILES string of the molecule is COc1cccc(NC(=O)[C@H]2CC(=O)O[C@]23CCOC(C)(C)C3)c1. The highest BCUT2D eigenvalue weighted by molar-refractivity contribution is 5.97. The molecule has 2 heterocycles. The highest BCUT2D eigenvalue weighted by Crippen LogP contribution is 2.46. The molecule has 0 aromatic heterocycles. The number of ether oxygens (including phenoxy) is 3. The van der Waals surface area contributed by atoms with Crippen LogP contribution in [0.25, 0.3) is 0 Å². The smallest absolute Gasteiger partial charge is 0.307 e. The van der Waals surface area contributed by atoms with Gasteiger partial charge in [-0.05, 0) is 26.0 Å². The Morgan fingerprint density at radius 1 is 1.38 bits per heavy atom. The monoisotopic (exact) mass is 333 g/mol. The van der Waals surface area contributed by atoms with E-state index in [-0.39, 0.29) is 18.3 Å². The van der Waals surface area contributed by atoms with Crippen molar-refractivity contribution in [1.82, 2.24) is 0 Å². The molecule has 0 bridgehead atoms. The second-order valence-corrected chi connectivity index (χ2v) is 7.05. The van der Waals surface area contributed by atoms with Gasteiger partial charge in [-0.25, -0.2) is 0 Å². The van der Waals surface area contributed by atoms with E-state index in [1.165, 1.54) is 0 Å². The predicted octanol–water partition coefficient (Wildman–Crippen LogP) is 2.52. The molecule has 130 valence electrons. The minimum Gasteiger partial charge on any atom is -0.497 e. The molecule has 6 heteroatoms. The Hall–Kier alpha value is -2.08. The lowest BCUT2D eigenvalue weighted by molar-refractivity contribution is -0.178. The molecule has 1 N–H and O–H groups in total. The van der Waals surface area contributed by atoms with Gasteiger partial charge in [0.05, 0.1) is 31.7 Å². The van der Waals surface area contributed by atoms with Crippen molar-refractivity contribution in [2.24, 2.45) is 5.92 Å². The Kier molecular flexibility index (Phi) is 4.25. The number of benzene rings is 1. The number of nitrogens with one attached hydrogen (secondary N) is 1. The topological polar surface area (TPSA) is 73.9 Å². The fraction of sp³-hybridized carbons (Fsp3) is 0.556. The Balaban J connectivity index is 1.80. The predicted molar refractivity (Wildman–Crippen MR) is 87.8 cm³/mol. The van der Waals surface area contributed by atoms with Crippen LogP contribution in [0.5, 0.6) is 5.75 Å². The molecule has 0 unspecified atom stereocenters. The van der Waals surface area contributed by atoms with Crippen molar-refractivity contribution in [2.75, 3.05) is 19.0 Å². The molecular formula is C18H23NO5. The van der Waals surface area contributed by atoms with E-state index in [9.17, 15) is 9.59 Å². The summed E-state index contributed by atoms with van der Waals surface area (Å²) < 4.78 is 16.5. The lowest BCUT2D eigenvalue weighted by atomic mass is 9.75. The summed E-state index contributed by atoms with van der Waals surface area (Å²) in [6.07, 6.45) is 1.16. The average molecular weight is 333 g/mol. The fourth-order valence-corrected chi connectivity index (χ4v) is 3.70. The van der Waals surface area contributed by atoms with E-state index in [2.05, 4.69) is 5.32 Å². The molecular weight excluding hydrogens is 310 g/mol. The number of anilines is 1. The van der Waals surface area contributed by atoms with Gasteiger partial charge in [0.15, 0.2) is 0 Å². The van der Waals surface area contributed by atoms with Crippen molar-refractivity contribution in [2.45, 2.75) is 44.3 Å². The first-order valence-electron chi connectivity index (χ1n) is 8.14. The number of amides is 1. The Bertz CT molecular complexity index is 657.